The lowest BCUT2D eigenvalue weighted by Gasteiger charge is -2.12. The lowest BCUT2D eigenvalue weighted by molar-refractivity contribution is -0.119. The molecular weight excluding hydrogens is 372 g/mol. The fourth-order valence-corrected chi connectivity index (χ4v) is 3.30. The fraction of sp³-hybridized carbons (Fsp3) is 0.500. The summed E-state index contributed by atoms with van der Waals surface area (Å²) in [5.41, 5.74) is 2.07. The molecule has 0 unspecified atom stereocenters. The molecular formula is C14H20Br2N2O. The van der Waals surface area contributed by atoms with E-state index < -0.39 is 0 Å². The van der Waals surface area contributed by atoms with Crippen LogP contribution >= 0.6 is 31.9 Å². The van der Waals surface area contributed by atoms with Crippen LogP contribution in [0, 0.1) is 12.8 Å². The Balaban J connectivity index is 2.46. The zero-order chi connectivity index (χ0) is 14.4. The van der Waals surface area contributed by atoms with E-state index in [9.17, 15) is 4.79 Å². The molecule has 0 radical (unpaired) electrons. The van der Waals surface area contributed by atoms with E-state index in [1.54, 1.807) is 0 Å². The second-order valence-electron chi connectivity index (χ2n) is 4.99. The normalized spacial score (nSPS) is 10.6. The summed E-state index contributed by atoms with van der Waals surface area (Å²) in [6, 6.07) is 4.04. The highest BCUT2D eigenvalue weighted by Gasteiger charge is 2.08. The Morgan fingerprint density at radius 3 is 2.37 bits per heavy atom. The molecule has 2 N–H and O–H groups in total. The van der Waals surface area contributed by atoms with Crippen molar-refractivity contribution >= 4 is 43.5 Å². The zero-order valence-corrected chi connectivity index (χ0v) is 14.7. The lowest BCUT2D eigenvalue weighted by Crippen LogP contribution is -2.31. The summed E-state index contributed by atoms with van der Waals surface area (Å²) in [7, 11) is 0. The van der Waals surface area contributed by atoms with Crippen LogP contribution in [0.2, 0.25) is 0 Å². The average Bonchev–Trinajstić information content (AvgIpc) is 2.26. The summed E-state index contributed by atoms with van der Waals surface area (Å²) in [5.74, 6) is 0.619. The van der Waals surface area contributed by atoms with Crippen LogP contribution in [-0.2, 0) is 4.79 Å². The molecule has 3 nitrogen and oxygen atoms in total. The first-order chi connectivity index (χ1) is 8.90. The topological polar surface area (TPSA) is 41.1 Å². The molecule has 1 amide bonds. The third kappa shape index (κ3) is 5.95. The average molecular weight is 392 g/mol. The molecule has 0 saturated carbocycles. The van der Waals surface area contributed by atoms with Crippen molar-refractivity contribution in [3.63, 3.8) is 0 Å². The van der Waals surface area contributed by atoms with Gasteiger partial charge in [0, 0.05) is 15.5 Å². The summed E-state index contributed by atoms with van der Waals surface area (Å²) < 4.78 is 1.91. The van der Waals surface area contributed by atoms with Crippen molar-refractivity contribution in [2.75, 3.05) is 18.4 Å². The Morgan fingerprint density at radius 1 is 1.26 bits per heavy atom. The molecule has 0 atom stereocenters. The number of hydrogen-bond acceptors (Lipinski definition) is 2. The largest absolute Gasteiger partial charge is 0.374 e. The standard InChI is InChI=1S/C14H20Br2N2O/c1-9(2)4-5-17-13(19)8-18-14-11(15)6-10(3)7-12(14)16/h6-7,9,18H,4-5,8H2,1-3H3,(H,17,19). The van der Waals surface area contributed by atoms with E-state index in [1.165, 1.54) is 0 Å². The van der Waals surface area contributed by atoms with Gasteiger partial charge in [-0.2, -0.15) is 0 Å². The molecule has 1 aromatic rings. The summed E-state index contributed by atoms with van der Waals surface area (Å²) in [4.78, 5) is 11.7. The Labute approximate surface area is 131 Å². The van der Waals surface area contributed by atoms with Crippen LogP contribution in [0.25, 0.3) is 0 Å². The quantitative estimate of drug-likeness (QED) is 0.766. The third-order valence-electron chi connectivity index (χ3n) is 2.66. The first kappa shape index (κ1) is 16.5. The van der Waals surface area contributed by atoms with Crippen LogP contribution in [-0.4, -0.2) is 19.0 Å². The smallest absolute Gasteiger partial charge is 0.239 e. The Kier molecular flexibility index (Phi) is 6.86. The SMILES string of the molecule is Cc1cc(Br)c(NCC(=O)NCCC(C)C)c(Br)c1. The predicted molar refractivity (Wildman–Crippen MR) is 87.5 cm³/mol. The van der Waals surface area contributed by atoms with Gasteiger partial charge in [-0.25, -0.2) is 0 Å². The first-order valence-corrected chi connectivity index (χ1v) is 7.95. The van der Waals surface area contributed by atoms with E-state index in [0.717, 1.165) is 33.2 Å². The molecule has 0 saturated heterocycles. The molecule has 1 rings (SSSR count). The van der Waals surface area contributed by atoms with E-state index in [1.807, 2.05) is 19.1 Å². The Morgan fingerprint density at radius 2 is 1.84 bits per heavy atom. The number of hydrogen-bond donors (Lipinski definition) is 2. The number of carbonyl (C=O) groups is 1. The van der Waals surface area contributed by atoms with Gasteiger partial charge in [0.05, 0.1) is 12.2 Å². The van der Waals surface area contributed by atoms with Crippen LogP contribution in [0.15, 0.2) is 21.1 Å². The lowest BCUT2D eigenvalue weighted by atomic mass is 10.1. The highest BCUT2D eigenvalue weighted by atomic mass is 79.9. The minimum atomic E-state index is 0.0139. The number of nitrogens with one attached hydrogen (secondary N) is 2. The van der Waals surface area contributed by atoms with Crippen LogP contribution in [0.3, 0.4) is 0 Å². The van der Waals surface area contributed by atoms with Gasteiger partial charge in [-0.15, -0.1) is 0 Å². The Hall–Kier alpha value is -0.550. The van der Waals surface area contributed by atoms with Gasteiger partial charge in [0.25, 0.3) is 0 Å². The second-order valence-corrected chi connectivity index (χ2v) is 6.70. The minimum absolute atomic E-state index is 0.0139. The fourth-order valence-electron chi connectivity index (χ4n) is 1.60. The van der Waals surface area contributed by atoms with E-state index >= 15 is 0 Å². The maximum Gasteiger partial charge on any atom is 0.239 e. The summed E-state index contributed by atoms with van der Waals surface area (Å²) in [6.45, 7) is 7.32. The third-order valence-corrected chi connectivity index (χ3v) is 3.91. The van der Waals surface area contributed by atoms with Gasteiger partial charge in [0.1, 0.15) is 0 Å². The summed E-state index contributed by atoms with van der Waals surface area (Å²) in [5, 5.41) is 6.04. The molecule has 0 aliphatic rings. The maximum absolute atomic E-state index is 11.7. The number of amides is 1. The molecule has 1 aromatic carbocycles. The highest BCUT2D eigenvalue weighted by molar-refractivity contribution is 9.11. The molecule has 0 aromatic heterocycles. The molecule has 0 aliphatic carbocycles. The van der Waals surface area contributed by atoms with Crippen LogP contribution in [0.4, 0.5) is 5.69 Å². The summed E-state index contributed by atoms with van der Waals surface area (Å²) in [6.07, 6.45) is 1.00. The number of benzene rings is 1. The highest BCUT2D eigenvalue weighted by Crippen LogP contribution is 2.31. The number of anilines is 1. The molecule has 0 heterocycles. The van der Waals surface area contributed by atoms with Crippen LogP contribution in [0.5, 0.6) is 0 Å². The minimum Gasteiger partial charge on any atom is -0.374 e. The van der Waals surface area contributed by atoms with Gasteiger partial charge >= 0.3 is 0 Å². The van der Waals surface area contributed by atoms with Crippen molar-refractivity contribution < 1.29 is 4.79 Å². The number of aryl methyl sites for hydroxylation is 1. The van der Waals surface area contributed by atoms with E-state index in [2.05, 4.69) is 56.3 Å². The maximum atomic E-state index is 11.7. The molecule has 0 spiro atoms. The van der Waals surface area contributed by atoms with Crippen molar-refractivity contribution in [3.8, 4) is 0 Å². The predicted octanol–water partition coefficient (Wildman–Crippen LogP) is 4.09. The molecule has 5 heteroatoms. The number of rotatable bonds is 6. The molecule has 0 fully saturated rings. The van der Waals surface area contributed by atoms with Gasteiger partial charge in [-0.05, 0) is 68.8 Å². The van der Waals surface area contributed by atoms with Crippen molar-refractivity contribution in [3.05, 3.63) is 26.6 Å². The zero-order valence-electron chi connectivity index (χ0n) is 11.5. The van der Waals surface area contributed by atoms with Gasteiger partial charge in [-0.3, -0.25) is 4.79 Å². The first-order valence-electron chi connectivity index (χ1n) is 6.36. The van der Waals surface area contributed by atoms with E-state index in [-0.39, 0.29) is 12.5 Å². The summed E-state index contributed by atoms with van der Waals surface area (Å²) >= 11 is 6.99. The monoisotopic (exact) mass is 390 g/mol. The number of halogens is 2. The number of carbonyl (C=O) groups excluding carboxylic acids is 1. The van der Waals surface area contributed by atoms with Crippen molar-refractivity contribution in [1.29, 1.82) is 0 Å². The molecule has 0 bridgehead atoms. The van der Waals surface area contributed by atoms with Crippen LogP contribution in [0.1, 0.15) is 25.8 Å². The van der Waals surface area contributed by atoms with E-state index in [0.29, 0.717) is 5.92 Å². The Bertz CT molecular complexity index is 424. The van der Waals surface area contributed by atoms with Crippen molar-refractivity contribution in [2.24, 2.45) is 5.92 Å². The second kappa shape index (κ2) is 7.90. The molecule has 106 valence electrons. The van der Waals surface area contributed by atoms with Crippen molar-refractivity contribution in [2.45, 2.75) is 27.2 Å². The van der Waals surface area contributed by atoms with Gasteiger partial charge < -0.3 is 10.6 Å². The van der Waals surface area contributed by atoms with Gasteiger partial charge in [0.2, 0.25) is 5.91 Å². The molecule has 0 aliphatic heterocycles. The van der Waals surface area contributed by atoms with Crippen LogP contribution < -0.4 is 10.6 Å². The van der Waals surface area contributed by atoms with Gasteiger partial charge in [0.15, 0.2) is 0 Å². The van der Waals surface area contributed by atoms with Gasteiger partial charge in [-0.1, -0.05) is 13.8 Å². The van der Waals surface area contributed by atoms with Crippen molar-refractivity contribution in [1.82, 2.24) is 5.32 Å². The van der Waals surface area contributed by atoms with E-state index in [4.69, 9.17) is 0 Å². The molecule has 19 heavy (non-hydrogen) atoms.